The average Bonchev–Trinajstić information content (AvgIpc) is 2.95. The lowest BCUT2D eigenvalue weighted by Gasteiger charge is -2.00. The van der Waals surface area contributed by atoms with Crippen molar-refractivity contribution in [2.24, 2.45) is 5.10 Å². The van der Waals surface area contributed by atoms with Gasteiger partial charge in [-0.3, -0.25) is 0 Å². The minimum Gasteiger partial charge on any atom is -0.216 e. The molecule has 1 heterocycles. The molecule has 0 aliphatic carbocycles. The normalized spacial score (nSPS) is 14.2. The number of amidine groups is 1. The maximum atomic E-state index is 4.31. The van der Waals surface area contributed by atoms with Crippen LogP contribution >= 0.6 is 0 Å². The molecular weight excluding hydrogens is 160 g/mol. The lowest BCUT2D eigenvalue weighted by Crippen LogP contribution is -2.02. The monoisotopic (exact) mass is 174 g/mol. The molecule has 0 spiro atoms. The van der Waals surface area contributed by atoms with Crippen LogP contribution in [-0.2, 0) is 0 Å². The first-order valence-electron chi connectivity index (χ1n) is 4.84. The first kappa shape index (κ1) is 8.30. The molecule has 1 aliphatic rings. The van der Waals surface area contributed by atoms with E-state index in [2.05, 4.69) is 24.2 Å². The van der Waals surface area contributed by atoms with Crippen LogP contribution < -0.4 is 5.01 Å². The highest BCUT2D eigenvalue weighted by atomic mass is 15.6. The summed E-state index contributed by atoms with van der Waals surface area (Å²) in [5.74, 6) is 1.23. The third-order valence-electron chi connectivity index (χ3n) is 2.18. The first-order chi connectivity index (χ1) is 6.42. The summed E-state index contributed by atoms with van der Waals surface area (Å²) in [6, 6.07) is 10.3. The summed E-state index contributed by atoms with van der Waals surface area (Å²) >= 11 is 0. The van der Waals surface area contributed by atoms with Gasteiger partial charge in [-0.25, -0.2) is 5.01 Å². The number of nitrogens with zero attached hydrogens (tertiary/aromatic N) is 2. The van der Waals surface area contributed by atoms with Crippen molar-refractivity contribution in [2.75, 3.05) is 5.01 Å². The van der Waals surface area contributed by atoms with Crippen LogP contribution in [0.1, 0.15) is 26.2 Å². The highest BCUT2D eigenvalue weighted by Crippen LogP contribution is 2.25. The number of unbranched alkanes of at least 4 members (excludes halogenated alkanes) is 1. The number of hydrazone groups is 1. The SMILES string of the molecule is CCCCC1=NN1c1ccccc1. The van der Waals surface area contributed by atoms with Gasteiger partial charge in [-0.15, -0.1) is 0 Å². The lowest BCUT2D eigenvalue weighted by molar-refractivity contribution is 0.839. The minimum atomic E-state index is 1.12. The number of para-hydroxylation sites is 1. The summed E-state index contributed by atoms with van der Waals surface area (Å²) in [6.45, 7) is 2.20. The van der Waals surface area contributed by atoms with Crippen molar-refractivity contribution in [3.63, 3.8) is 0 Å². The van der Waals surface area contributed by atoms with Crippen molar-refractivity contribution in [2.45, 2.75) is 26.2 Å². The van der Waals surface area contributed by atoms with Gasteiger partial charge in [0.25, 0.3) is 0 Å². The summed E-state index contributed by atoms with van der Waals surface area (Å²) in [7, 11) is 0. The van der Waals surface area contributed by atoms with Crippen LogP contribution in [0.2, 0.25) is 0 Å². The molecule has 0 amide bonds. The van der Waals surface area contributed by atoms with Crippen LogP contribution in [0, 0.1) is 0 Å². The van der Waals surface area contributed by atoms with Gasteiger partial charge >= 0.3 is 0 Å². The number of benzene rings is 1. The molecule has 0 radical (unpaired) electrons. The fraction of sp³-hybridized carbons (Fsp3) is 0.364. The van der Waals surface area contributed by atoms with E-state index in [1.165, 1.54) is 24.4 Å². The van der Waals surface area contributed by atoms with Crippen molar-refractivity contribution in [1.29, 1.82) is 0 Å². The van der Waals surface area contributed by atoms with Gasteiger partial charge in [0.15, 0.2) is 5.84 Å². The zero-order valence-corrected chi connectivity index (χ0v) is 7.90. The Balaban J connectivity index is 1.88. The molecule has 1 aliphatic heterocycles. The maximum absolute atomic E-state index is 4.31. The van der Waals surface area contributed by atoms with Crippen LogP contribution in [0.4, 0.5) is 5.69 Å². The van der Waals surface area contributed by atoms with E-state index in [0.29, 0.717) is 0 Å². The molecule has 0 saturated carbocycles. The molecular formula is C11H14N2. The highest BCUT2D eigenvalue weighted by molar-refractivity contribution is 6.08. The van der Waals surface area contributed by atoms with E-state index >= 15 is 0 Å². The van der Waals surface area contributed by atoms with E-state index in [-0.39, 0.29) is 0 Å². The van der Waals surface area contributed by atoms with Crippen LogP contribution in [0.15, 0.2) is 35.4 Å². The molecule has 2 rings (SSSR count). The summed E-state index contributed by atoms with van der Waals surface area (Å²) in [5, 5.41) is 6.34. The number of rotatable bonds is 4. The van der Waals surface area contributed by atoms with E-state index in [9.17, 15) is 0 Å². The number of hydrogen-bond acceptors (Lipinski definition) is 2. The molecule has 2 heteroatoms. The summed E-state index contributed by atoms with van der Waals surface area (Å²) in [5.41, 5.74) is 1.19. The van der Waals surface area contributed by atoms with Gasteiger partial charge in [0, 0.05) is 6.42 Å². The Labute approximate surface area is 78.9 Å². The van der Waals surface area contributed by atoms with E-state index < -0.39 is 0 Å². The topological polar surface area (TPSA) is 15.4 Å². The molecule has 0 bridgehead atoms. The molecule has 2 nitrogen and oxygen atoms in total. The van der Waals surface area contributed by atoms with E-state index in [4.69, 9.17) is 0 Å². The zero-order chi connectivity index (χ0) is 9.10. The average molecular weight is 174 g/mol. The molecule has 1 aromatic rings. The van der Waals surface area contributed by atoms with Crippen molar-refractivity contribution in [3.05, 3.63) is 30.3 Å². The zero-order valence-electron chi connectivity index (χ0n) is 7.90. The van der Waals surface area contributed by atoms with E-state index in [1.54, 1.807) is 0 Å². The van der Waals surface area contributed by atoms with Crippen LogP contribution in [-0.4, -0.2) is 5.84 Å². The molecule has 0 fully saturated rings. The lowest BCUT2D eigenvalue weighted by atomic mass is 10.2. The quantitative estimate of drug-likeness (QED) is 0.685. The molecule has 0 atom stereocenters. The van der Waals surface area contributed by atoms with Gasteiger partial charge in [0.1, 0.15) is 0 Å². The van der Waals surface area contributed by atoms with Gasteiger partial charge in [-0.1, -0.05) is 31.5 Å². The Kier molecular flexibility index (Phi) is 2.30. The summed E-state index contributed by atoms with van der Waals surface area (Å²) in [6.07, 6.45) is 3.59. The highest BCUT2D eigenvalue weighted by Gasteiger charge is 2.23. The molecule has 0 unspecified atom stereocenters. The predicted molar refractivity (Wildman–Crippen MR) is 55.9 cm³/mol. The fourth-order valence-electron chi connectivity index (χ4n) is 1.36. The Morgan fingerprint density at radius 1 is 1.23 bits per heavy atom. The largest absolute Gasteiger partial charge is 0.216 e. The van der Waals surface area contributed by atoms with Gasteiger partial charge in [-0.05, 0) is 18.6 Å². The fourth-order valence-corrected chi connectivity index (χ4v) is 1.36. The van der Waals surface area contributed by atoms with Crippen LogP contribution in [0.25, 0.3) is 0 Å². The third-order valence-corrected chi connectivity index (χ3v) is 2.18. The van der Waals surface area contributed by atoms with Gasteiger partial charge in [0.05, 0.1) is 5.69 Å². The maximum Gasteiger partial charge on any atom is 0.151 e. The molecule has 1 aromatic carbocycles. The first-order valence-corrected chi connectivity index (χ1v) is 4.84. The molecule has 13 heavy (non-hydrogen) atoms. The smallest absolute Gasteiger partial charge is 0.151 e. The van der Waals surface area contributed by atoms with Crippen molar-refractivity contribution in [3.8, 4) is 0 Å². The van der Waals surface area contributed by atoms with Crippen LogP contribution in [0.3, 0.4) is 0 Å². The van der Waals surface area contributed by atoms with E-state index in [1.807, 2.05) is 23.2 Å². The summed E-state index contributed by atoms with van der Waals surface area (Å²) in [4.78, 5) is 0. The molecule has 0 N–H and O–H groups in total. The molecule has 0 saturated heterocycles. The van der Waals surface area contributed by atoms with Gasteiger partial charge < -0.3 is 0 Å². The Morgan fingerprint density at radius 3 is 2.69 bits per heavy atom. The Bertz CT molecular complexity index is 303. The number of anilines is 1. The summed E-state index contributed by atoms with van der Waals surface area (Å²) < 4.78 is 0. The van der Waals surface area contributed by atoms with E-state index in [0.717, 1.165) is 6.42 Å². The minimum absolute atomic E-state index is 1.12. The van der Waals surface area contributed by atoms with Gasteiger partial charge in [0.2, 0.25) is 0 Å². The molecule has 68 valence electrons. The number of hydrogen-bond donors (Lipinski definition) is 0. The van der Waals surface area contributed by atoms with Crippen molar-refractivity contribution < 1.29 is 0 Å². The van der Waals surface area contributed by atoms with Gasteiger partial charge in [-0.2, -0.15) is 5.10 Å². The third kappa shape index (κ3) is 1.89. The second kappa shape index (κ2) is 3.60. The Hall–Kier alpha value is -1.31. The predicted octanol–water partition coefficient (Wildman–Crippen LogP) is 3.01. The van der Waals surface area contributed by atoms with Crippen molar-refractivity contribution >= 4 is 11.5 Å². The second-order valence-electron chi connectivity index (χ2n) is 3.27. The molecule has 0 aromatic heterocycles. The van der Waals surface area contributed by atoms with Crippen LogP contribution in [0.5, 0.6) is 0 Å². The Morgan fingerprint density at radius 2 is 2.00 bits per heavy atom. The standard InChI is InChI=1S/C11H14N2/c1-2-3-9-11-12-13(11)10-7-5-4-6-8-10/h4-8H,2-3,9H2,1H3. The van der Waals surface area contributed by atoms with Crippen molar-refractivity contribution in [1.82, 2.24) is 0 Å². The second-order valence-corrected chi connectivity index (χ2v) is 3.27.